The molecule has 0 radical (unpaired) electrons. The Bertz CT molecular complexity index is 1070. The maximum absolute atomic E-state index is 12.2. The molecule has 0 aliphatic carbocycles. The molecule has 2 N–H and O–H groups in total. The molecule has 0 spiro atoms. The summed E-state index contributed by atoms with van der Waals surface area (Å²) in [7, 11) is 0. The van der Waals surface area contributed by atoms with Crippen LogP contribution in [0.25, 0.3) is 0 Å². The molecule has 0 aromatic heterocycles. The van der Waals surface area contributed by atoms with Crippen LogP contribution in [0.3, 0.4) is 0 Å². The van der Waals surface area contributed by atoms with Crippen LogP contribution in [-0.2, 0) is 9.53 Å². The predicted octanol–water partition coefficient (Wildman–Crippen LogP) is 5.17. The number of alkyl carbamates (subject to hydrolysis) is 1. The van der Waals surface area contributed by atoms with Crippen LogP contribution in [0.2, 0.25) is 0 Å². The Balaban J connectivity index is 1.66. The zero-order valence-electron chi connectivity index (χ0n) is 20.3. The molecule has 33 heavy (non-hydrogen) atoms. The van der Waals surface area contributed by atoms with Crippen molar-refractivity contribution >= 4 is 23.4 Å². The Hall–Kier alpha value is -3.46. The highest BCUT2D eigenvalue weighted by Gasteiger charge is 2.32. The highest BCUT2D eigenvalue weighted by molar-refractivity contribution is 5.93. The Labute approximate surface area is 196 Å². The van der Waals surface area contributed by atoms with Crippen molar-refractivity contribution in [3.8, 4) is 11.8 Å². The standard InChI is InChI=1S/C27H33N3O3/c1-18-9-14-25-23(16-18)24(17-19(2)30(25)20(3)31)29-22-12-10-21(11-13-22)8-7-15-28-26(32)33-27(4,5)6/h9-14,16,19,24,29H,15,17H2,1-6H3,(H,28,32)/t19-,24+/m1/s1. The van der Waals surface area contributed by atoms with Gasteiger partial charge in [0, 0.05) is 29.9 Å². The number of nitrogens with one attached hydrogen (secondary N) is 2. The maximum Gasteiger partial charge on any atom is 0.408 e. The fourth-order valence-corrected chi connectivity index (χ4v) is 4.03. The summed E-state index contributed by atoms with van der Waals surface area (Å²) in [5, 5.41) is 6.26. The van der Waals surface area contributed by atoms with Gasteiger partial charge in [-0.3, -0.25) is 4.79 Å². The van der Waals surface area contributed by atoms with Crippen LogP contribution < -0.4 is 15.5 Å². The first-order valence-corrected chi connectivity index (χ1v) is 11.3. The molecule has 1 aliphatic rings. The minimum atomic E-state index is -0.528. The first kappa shape index (κ1) is 24.2. The lowest BCUT2D eigenvalue weighted by Crippen LogP contribution is -2.43. The van der Waals surface area contributed by atoms with E-state index in [-0.39, 0.29) is 24.5 Å². The summed E-state index contributed by atoms with van der Waals surface area (Å²) in [5.41, 5.74) is 4.62. The number of carbonyl (C=O) groups is 2. The lowest BCUT2D eigenvalue weighted by Gasteiger charge is -2.39. The van der Waals surface area contributed by atoms with Gasteiger partial charge in [0.2, 0.25) is 5.91 Å². The van der Waals surface area contributed by atoms with Gasteiger partial charge in [-0.2, -0.15) is 0 Å². The van der Waals surface area contributed by atoms with Crippen molar-refractivity contribution in [3.05, 3.63) is 59.2 Å². The Morgan fingerprint density at radius 3 is 2.48 bits per heavy atom. The number of amides is 2. The Morgan fingerprint density at radius 1 is 1.15 bits per heavy atom. The van der Waals surface area contributed by atoms with Gasteiger partial charge in [0.05, 0.1) is 12.6 Å². The van der Waals surface area contributed by atoms with Crippen LogP contribution in [0.4, 0.5) is 16.2 Å². The minimum Gasteiger partial charge on any atom is -0.444 e. The van der Waals surface area contributed by atoms with Gasteiger partial charge in [-0.15, -0.1) is 0 Å². The van der Waals surface area contributed by atoms with Gasteiger partial charge in [0.1, 0.15) is 5.60 Å². The number of ether oxygens (including phenoxy) is 1. The van der Waals surface area contributed by atoms with E-state index in [0.717, 1.165) is 28.9 Å². The van der Waals surface area contributed by atoms with Gasteiger partial charge in [0.15, 0.2) is 0 Å². The number of anilines is 2. The lowest BCUT2D eigenvalue weighted by molar-refractivity contribution is -0.117. The van der Waals surface area contributed by atoms with Crippen molar-refractivity contribution in [1.29, 1.82) is 0 Å². The van der Waals surface area contributed by atoms with Gasteiger partial charge in [-0.1, -0.05) is 29.5 Å². The third-order valence-corrected chi connectivity index (χ3v) is 5.35. The molecule has 1 heterocycles. The summed E-state index contributed by atoms with van der Waals surface area (Å²) < 4.78 is 5.19. The number of fused-ring (bicyclic) bond motifs is 1. The molecule has 0 saturated carbocycles. The van der Waals surface area contributed by atoms with Crippen molar-refractivity contribution in [1.82, 2.24) is 5.32 Å². The number of hydrogen-bond donors (Lipinski definition) is 2. The lowest BCUT2D eigenvalue weighted by atomic mass is 9.90. The number of nitrogens with zero attached hydrogens (tertiary/aromatic N) is 1. The van der Waals surface area contributed by atoms with E-state index in [0.29, 0.717) is 0 Å². The van der Waals surface area contributed by atoms with E-state index in [4.69, 9.17) is 4.74 Å². The summed E-state index contributed by atoms with van der Waals surface area (Å²) in [6.45, 7) is 11.5. The van der Waals surface area contributed by atoms with Crippen LogP contribution in [-0.4, -0.2) is 30.2 Å². The van der Waals surface area contributed by atoms with E-state index in [1.165, 1.54) is 5.56 Å². The van der Waals surface area contributed by atoms with Gasteiger partial charge < -0.3 is 20.3 Å². The molecule has 0 unspecified atom stereocenters. The average molecular weight is 448 g/mol. The number of hydrogen-bond acceptors (Lipinski definition) is 4. The van der Waals surface area contributed by atoms with E-state index in [9.17, 15) is 9.59 Å². The van der Waals surface area contributed by atoms with E-state index in [2.05, 4.69) is 48.5 Å². The van der Waals surface area contributed by atoms with Crippen LogP contribution in [0.15, 0.2) is 42.5 Å². The molecular weight excluding hydrogens is 414 g/mol. The zero-order chi connectivity index (χ0) is 24.2. The van der Waals surface area contributed by atoms with Crippen LogP contribution in [0, 0.1) is 18.8 Å². The van der Waals surface area contributed by atoms with Crippen molar-refractivity contribution in [2.75, 3.05) is 16.8 Å². The Kier molecular flexibility index (Phi) is 7.33. The summed E-state index contributed by atoms with van der Waals surface area (Å²) >= 11 is 0. The van der Waals surface area contributed by atoms with Crippen LogP contribution in [0.5, 0.6) is 0 Å². The molecule has 0 saturated heterocycles. The molecule has 2 amide bonds. The molecule has 3 rings (SSSR count). The van der Waals surface area contributed by atoms with E-state index >= 15 is 0 Å². The molecular formula is C27H33N3O3. The van der Waals surface area contributed by atoms with Crippen LogP contribution >= 0.6 is 0 Å². The van der Waals surface area contributed by atoms with Crippen molar-refractivity contribution in [3.63, 3.8) is 0 Å². The smallest absolute Gasteiger partial charge is 0.408 e. The minimum absolute atomic E-state index is 0.0649. The Morgan fingerprint density at radius 2 is 1.85 bits per heavy atom. The fraction of sp³-hybridized carbons (Fsp3) is 0.407. The molecule has 2 atom stereocenters. The topological polar surface area (TPSA) is 70.7 Å². The molecule has 1 aliphatic heterocycles. The van der Waals surface area contributed by atoms with Crippen molar-refractivity contribution in [2.24, 2.45) is 0 Å². The normalized spacial score (nSPS) is 17.3. The maximum atomic E-state index is 12.2. The highest BCUT2D eigenvalue weighted by atomic mass is 16.6. The summed E-state index contributed by atoms with van der Waals surface area (Å²) in [4.78, 5) is 25.8. The SMILES string of the molecule is CC(=O)N1c2ccc(C)cc2[C@@H](Nc2ccc(C#CCNC(=O)OC(C)(C)C)cc2)C[C@H]1C. The molecule has 6 nitrogen and oxygen atoms in total. The number of aryl methyl sites for hydroxylation is 1. The van der Waals surface area contributed by atoms with E-state index in [1.807, 2.05) is 56.0 Å². The second-order valence-corrected chi connectivity index (χ2v) is 9.47. The molecule has 0 bridgehead atoms. The summed E-state index contributed by atoms with van der Waals surface area (Å²) in [6.07, 6.45) is 0.352. The number of rotatable bonds is 3. The third kappa shape index (κ3) is 6.52. The second-order valence-electron chi connectivity index (χ2n) is 9.47. The molecule has 2 aromatic carbocycles. The van der Waals surface area contributed by atoms with Gasteiger partial charge >= 0.3 is 6.09 Å². The van der Waals surface area contributed by atoms with Crippen molar-refractivity contribution < 1.29 is 14.3 Å². The monoisotopic (exact) mass is 447 g/mol. The highest BCUT2D eigenvalue weighted by Crippen LogP contribution is 2.39. The second kappa shape index (κ2) is 9.99. The average Bonchev–Trinajstić information content (AvgIpc) is 2.71. The third-order valence-electron chi connectivity index (χ3n) is 5.35. The van der Waals surface area contributed by atoms with Gasteiger partial charge in [-0.25, -0.2) is 4.79 Å². The van der Waals surface area contributed by atoms with Gasteiger partial charge in [0.25, 0.3) is 0 Å². The quantitative estimate of drug-likeness (QED) is 0.637. The van der Waals surface area contributed by atoms with E-state index in [1.54, 1.807) is 6.92 Å². The van der Waals surface area contributed by atoms with E-state index < -0.39 is 11.7 Å². The first-order chi connectivity index (χ1) is 15.5. The first-order valence-electron chi connectivity index (χ1n) is 11.3. The van der Waals surface area contributed by atoms with Crippen molar-refractivity contribution in [2.45, 2.75) is 65.6 Å². The molecule has 2 aromatic rings. The largest absolute Gasteiger partial charge is 0.444 e. The van der Waals surface area contributed by atoms with Crippen LogP contribution in [0.1, 0.15) is 63.8 Å². The number of benzene rings is 2. The molecule has 6 heteroatoms. The van der Waals surface area contributed by atoms with Gasteiger partial charge in [-0.05, 0) is 76.9 Å². The molecule has 0 fully saturated rings. The number of carbonyl (C=O) groups excluding carboxylic acids is 2. The molecule has 174 valence electrons. The summed E-state index contributed by atoms with van der Waals surface area (Å²) in [5.74, 6) is 6.05. The predicted molar refractivity (Wildman–Crippen MR) is 132 cm³/mol. The summed E-state index contributed by atoms with van der Waals surface area (Å²) in [6, 6.07) is 14.4. The fourth-order valence-electron chi connectivity index (χ4n) is 4.03. The zero-order valence-corrected chi connectivity index (χ0v) is 20.3.